The number of hydrogen-bond donors (Lipinski definition) is 0. The van der Waals surface area contributed by atoms with Crippen molar-refractivity contribution in [1.29, 1.82) is 0 Å². The van der Waals surface area contributed by atoms with Gasteiger partial charge in [0, 0.05) is 29.6 Å². The smallest absolute Gasteiger partial charge is 0.311 e. The highest BCUT2D eigenvalue weighted by atomic mass is 79.9. The van der Waals surface area contributed by atoms with E-state index in [1.54, 1.807) is 0 Å². The maximum Gasteiger partial charge on any atom is 0.311 e. The molecule has 0 amide bonds. The monoisotopic (exact) mass is 590 g/mol. The lowest BCUT2D eigenvalue weighted by Gasteiger charge is -2.14. The summed E-state index contributed by atoms with van der Waals surface area (Å²) in [7, 11) is 1.82. The van der Waals surface area contributed by atoms with Crippen molar-refractivity contribution in [2.75, 3.05) is 25.5 Å². The first-order chi connectivity index (χ1) is 18.4. The summed E-state index contributed by atoms with van der Waals surface area (Å²) in [6.07, 6.45) is 6.32. The van der Waals surface area contributed by atoms with Crippen LogP contribution in [0.1, 0.15) is 42.9 Å². The van der Waals surface area contributed by atoms with Crippen LogP contribution in [0.2, 0.25) is 0 Å². The third kappa shape index (κ3) is 8.96. The average Bonchev–Trinajstić information content (AvgIpc) is 2.91. The Morgan fingerprint density at radius 1 is 0.895 bits per heavy atom. The zero-order valence-corrected chi connectivity index (χ0v) is 24.7. The molecule has 4 nitrogen and oxygen atoms in total. The Bertz CT molecular complexity index is 1480. The van der Waals surface area contributed by atoms with E-state index in [1.807, 2.05) is 24.3 Å². The molecule has 0 spiro atoms. The van der Waals surface area contributed by atoms with Crippen molar-refractivity contribution >= 4 is 48.5 Å². The second kappa shape index (κ2) is 15.3. The van der Waals surface area contributed by atoms with Crippen molar-refractivity contribution in [3.05, 3.63) is 118 Å². The molecule has 4 aromatic carbocycles. The summed E-state index contributed by atoms with van der Waals surface area (Å²) in [4.78, 5) is 2.14. The molecule has 4 rings (SSSR count). The van der Waals surface area contributed by atoms with Crippen LogP contribution in [0.4, 0.5) is 5.69 Å². The van der Waals surface area contributed by atoms with Crippen LogP contribution in [0, 0.1) is 0 Å². The predicted octanol–water partition coefficient (Wildman–Crippen LogP) is 8.58. The SMILES string of the molecule is CCCCC=C(c1ccc(CCN=S(=O)=O)cc1)c1cccc(Br)c1.CN(C)c1cccc2ccccc12. The van der Waals surface area contributed by atoms with Gasteiger partial charge in [0.15, 0.2) is 0 Å². The Morgan fingerprint density at radius 2 is 1.61 bits per heavy atom. The Morgan fingerprint density at radius 3 is 2.29 bits per heavy atom. The van der Waals surface area contributed by atoms with E-state index < -0.39 is 10.5 Å². The Kier molecular flexibility index (Phi) is 11.8. The highest BCUT2D eigenvalue weighted by molar-refractivity contribution is 9.10. The molecule has 0 N–H and O–H groups in total. The third-order valence-corrected chi connectivity index (χ3v) is 7.04. The minimum Gasteiger partial charge on any atom is -0.377 e. The van der Waals surface area contributed by atoms with Gasteiger partial charge < -0.3 is 4.90 Å². The van der Waals surface area contributed by atoms with Crippen molar-refractivity contribution in [2.45, 2.75) is 32.6 Å². The number of allylic oxidation sites excluding steroid dienone is 1. The van der Waals surface area contributed by atoms with E-state index in [2.05, 4.69) is 119 Å². The van der Waals surface area contributed by atoms with Crippen molar-refractivity contribution in [2.24, 2.45) is 4.36 Å². The van der Waals surface area contributed by atoms with Gasteiger partial charge in [-0.2, -0.15) is 12.8 Å². The predicted molar refractivity (Wildman–Crippen MR) is 165 cm³/mol. The maximum absolute atomic E-state index is 10.5. The van der Waals surface area contributed by atoms with Crippen molar-refractivity contribution < 1.29 is 8.42 Å². The van der Waals surface area contributed by atoms with Crippen LogP contribution in [0.5, 0.6) is 0 Å². The highest BCUT2D eigenvalue weighted by Crippen LogP contribution is 2.27. The minimum absolute atomic E-state index is 0.292. The zero-order valence-electron chi connectivity index (χ0n) is 22.3. The number of rotatable bonds is 9. The topological polar surface area (TPSA) is 49.7 Å². The van der Waals surface area contributed by atoms with Gasteiger partial charge in [0.25, 0.3) is 0 Å². The number of fused-ring (bicyclic) bond motifs is 1. The summed E-state index contributed by atoms with van der Waals surface area (Å²) < 4.78 is 25.5. The lowest BCUT2D eigenvalue weighted by molar-refractivity contribution is 0.620. The Balaban J connectivity index is 0.000000256. The van der Waals surface area contributed by atoms with Crippen LogP contribution >= 0.6 is 15.9 Å². The number of benzene rings is 4. The lowest BCUT2D eigenvalue weighted by Crippen LogP contribution is -2.08. The molecule has 0 saturated heterocycles. The fourth-order valence-electron chi connectivity index (χ4n) is 4.21. The first-order valence-electron chi connectivity index (χ1n) is 12.9. The molecule has 198 valence electrons. The van der Waals surface area contributed by atoms with E-state index in [1.165, 1.54) is 46.0 Å². The summed E-state index contributed by atoms with van der Waals surface area (Å²) in [5.74, 6) is 0. The van der Waals surface area contributed by atoms with Crippen molar-refractivity contribution in [3.63, 3.8) is 0 Å². The fourth-order valence-corrected chi connectivity index (χ4v) is 4.85. The molecule has 0 aromatic heterocycles. The van der Waals surface area contributed by atoms with Gasteiger partial charge in [-0.15, -0.1) is 0 Å². The van der Waals surface area contributed by atoms with E-state index in [4.69, 9.17) is 0 Å². The molecule has 0 atom stereocenters. The number of nitrogens with zero attached hydrogens (tertiary/aromatic N) is 2. The van der Waals surface area contributed by atoms with Crippen LogP contribution in [0.15, 0.2) is 106 Å². The van der Waals surface area contributed by atoms with E-state index in [9.17, 15) is 8.42 Å². The van der Waals surface area contributed by atoms with Gasteiger partial charge in [-0.1, -0.05) is 115 Å². The molecular weight excluding hydrogens is 556 g/mol. The molecule has 0 saturated carbocycles. The Hall–Kier alpha value is -3.22. The van der Waals surface area contributed by atoms with Gasteiger partial charge in [0.1, 0.15) is 0 Å². The molecule has 0 fully saturated rings. The molecule has 38 heavy (non-hydrogen) atoms. The quantitative estimate of drug-likeness (QED) is 0.183. The number of unbranched alkanes of at least 4 members (excludes halogenated alkanes) is 2. The summed E-state index contributed by atoms with van der Waals surface area (Å²) in [5.41, 5.74) is 5.95. The van der Waals surface area contributed by atoms with Crippen LogP contribution < -0.4 is 4.90 Å². The summed E-state index contributed by atoms with van der Waals surface area (Å²) >= 11 is 3.55. The van der Waals surface area contributed by atoms with Gasteiger partial charge in [-0.05, 0) is 58.7 Å². The van der Waals surface area contributed by atoms with Crippen LogP contribution in [0.25, 0.3) is 16.3 Å². The summed E-state index contributed by atoms with van der Waals surface area (Å²) in [5, 5.41) is 2.61. The molecular formula is C32H35BrN2O2S. The average molecular weight is 592 g/mol. The molecule has 4 aromatic rings. The number of anilines is 1. The van der Waals surface area contributed by atoms with E-state index in [0.717, 1.165) is 16.5 Å². The van der Waals surface area contributed by atoms with Crippen LogP contribution in [-0.4, -0.2) is 29.1 Å². The van der Waals surface area contributed by atoms with Gasteiger partial charge in [-0.25, -0.2) is 0 Å². The minimum atomic E-state index is -2.32. The summed E-state index contributed by atoms with van der Waals surface area (Å²) in [6, 6.07) is 31.4. The molecule has 0 heterocycles. The third-order valence-electron chi connectivity index (χ3n) is 6.15. The number of hydrogen-bond acceptors (Lipinski definition) is 4. The molecule has 0 bridgehead atoms. The van der Waals surface area contributed by atoms with Crippen LogP contribution in [-0.2, 0) is 16.9 Å². The largest absolute Gasteiger partial charge is 0.377 e. The van der Waals surface area contributed by atoms with Crippen molar-refractivity contribution in [1.82, 2.24) is 0 Å². The maximum atomic E-state index is 10.5. The van der Waals surface area contributed by atoms with Gasteiger partial charge in [0.2, 0.25) is 0 Å². The standard InChI is InChI=1S/C20H22BrNO2S.C12H13N/c1-2-3-4-8-20(18-6-5-7-19(21)15-18)17-11-9-16(10-12-17)13-14-22-25(23)24;1-13(2)12-9-5-7-10-6-3-4-8-11(10)12/h5-12,15H,2-4,13-14H2,1H3;3-9H,1-2H3. The molecule has 0 radical (unpaired) electrons. The zero-order chi connectivity index (χ0) is 27.3. The normalized spacial score (nSPS) is 11.0. The summed E-state index contributed by atoms with van der Waals surface area (Å²) in [6.45, 7) is 2.49. The molecule has 0 aliphatic rings. The Labute approximate surface area is 236 Å². The molecule has 0 aliphatic carbocycles. The van der Waals surface area contributed by atoms with Crippen LogP contribution in [0.3, 0.4) is 0 Å². The van der Waals surface area contributed by atoms with E-state index in [-0.39, 0.29) is 0 Å². The van der Waals surface area contributed by atoms with Crippen molar-refractivity contribution in [3.8, 4) is 0 Å². The molecule has 0 unspecified atom stereocenters. The van der Waals surface area contributed by atoms with E-state index in [0.29, 0.717) is 13.0 Å². The lowest BCUT2D eigenvalue weighted by atomic mass is 9.95. The molecule has 0 aliphatic heterocycles. The highest BCUT2D eigenvalue weighted by Gasteiger charge is 2.06. The first kappa shape index (κ1) is 29.3. The van der Waals surface area contributed by atoms with Gasteiger partial charge >= 0.3 is 10.5 Å². The first-order valence-corrected chi connectivity index (χ1v) is 14.7. The fraction of sp³-hybridized carbons (Fsp3) is 0.250. The molecule has 6 heteroatoms. The second-order valence-corrected chi connectivity index (χ2v) is 10.8. The van der Waals surface area contributed by atoms with E-state index >= 15 is 0 Å². The van der Waals surface area contributed by atoms with Gasteiger partial charge in [-0.3, -0.25) is 0 Å². The number of halogens is 1. The van der Waals surface area contributed by atoms with Gasteiger partial charge in [0.05, 0.1) is 6.54 Å². The second-order valence-electron chi connectivity index (χ2n) is 9.18.